The number of thiazole rings is 1. The zero-order chi connectivity index (χ0) is 20.0. The molecule has 0 bridgehead atoms. The molecule has 144 valence electrons. The van der Waals surface area contributed by atoms with Crippen LogP contribution in [0.3, 0.4) is 0 Å². The molecule has 29 heavy (non-hydrogen) atoms. The van der Waals surface area contributed by atoms with Crippen LogP contribution in [0.4, 0.5) is 0 Å². The summed E-state index contributed by atoms with van der Waals surface area (Å²) in [7, 11) is 0. The van der Waals surface area contributed by atoms with Gasteiger partial charge in [-0.1, -0.05) is 30.3 Å². The van der Waals surface area contributed by atoms with Gasteiger partial charge in [-0.15, -0.1) is 11.3 Å². The molecule has 1 atom stereocenters. The Hall–Kier alpha value is -3.32. The summed E-state index contributed by atoms with van der Waals surface area (Å²) in [6, 6.07) is 13.0. The van der Waals surface area contributed by atoms with Gasteiger partial charge in [0.05, 0.1) is 10.2 Å². The number of hydrogen-bond acceptors (Lipinski definition) is 5. The number of imide groups is 1. The predicted molar refractivity (Wildman–Crippen MR) is 111 cm³/mol. The monoisotopic (exact) mass is 403 g/mol. The highest BCUT2D eigenvalue weighted by molar-refractivity contribution is 7.19. The maximum absolute atomic E-state index is 12.9. The lowest BCUT2D eigenvalue weighted by Gasteiger charge is -2.29. The molecule has 3 heterocycles. The number of piperidine rings is 1. The van der Waals surface area contributed by atoms with Crippen LogP contribution in [0.1, 0.15) is 39.3 Å². The van der Waals surface area contributed by atoms with Crippen molar-refractivity contribution in [2.45, 2.75) is 25.4 Å². The molecule has 2 aromatic carbocycles. The summed E-state index contributed by atoms with van der Waals surface area (Å²) in [4.78, 5) is 42.7. The van der Waals surface area contributed by atoms with E-state index in [-0.39, 0.29) is 18.2 Å². The molecule has 7 heteroatoms. The molecule has 6 nitrogen and oxygen atoms in total. The lowest BCUT2D eigenvalue weighted by atomic mass is 10.0. The van der Waals surface area contributed by atoms with Gasteiger partial charge in [0.2, 0.25) is 11.8 Å². The van der Waals surface area contributed by atoms with Crippen LogP contribution in [-0.2, 0) is 16.1 Å². The Morgan fingerprint density at radius 2 is 1.93 bits per heavy atom. The number of fused-ring (bicyclic) bond motifs is 2. The van der Waals surface area contributed by atoms with Crippen molar-refractivity contribution in [1.29, 1.82) is 0 Å². The maximum atomic E-state index is 12.9. The fraction of sp³-hybridized carbons (Fsp3) is 0.182. The molecule has 1 N–H and O–H groups in total. The lowest BCUT2D eigenvalue weighted by Crippen LogP contribution is -2.52. The van der Waals surface area contributed by atoms with Crippen LogP contribution in [0.25, 0.3) is 22.4 Å². The minimum Gasteiger partial charge on any atom is -0.322 e. The third-order valence-electron chi connectivity index (χ3n) is 5.33. The Labute approximate surface area is 170 Å². The standard InChI is InChI=1S/C22H17N3O3S/c26-19-10-9-17(21(27)24-19)25-12-15-13(4-3-5-14(15)22(25)28)8-11-20-23-16-6-1-2-7-18(16)29-20/h1-8,11,17H,9-10,12H2,(H,24,26,27)/b11-8+. The van der Waals surface area contributed by atoms with Crippen LogP contribution in [0.2, 0.25) is 0 Å². The van der Waals surface area contributed by atoms with E-state index in [1.807, 2.05) is 48.6 Å². The van der Waals surface area contributed by atoms with Crippen LogP contribution >= 0.6 is 11.3 Å². The van der Waals surface area contributed by atoms with Gasteiger partial charge in [0.1, 0.15) is 11.0 Å². The summed E-state index contributed by atoms with van der Waals surface area (Å²) < 4.78 is 1.13. The summed E-state index contributed by atoms with van der Waals surface area (Å²) in [5.74, 6) is -0.839. The smallest absolute Gasteiger partial charge is 0.255 e. The van der Waals surface area contributed by atoms with Crippen molar-refractivity contribution in [2.24, 2.45) is 0 Å². The van der Waals surface area contributed by atoms with Gasteiger partial charge < -0.3 is 4.90 Å². The first kappa shape index (κ1) is 17.8. The average Bonchev–Trinajstić information content (AvgIpc) is 3.28. The van der Waals surface area contributed by atoms with Gasteiger partial charge in [0.25, 0.3) is 5.91 Å². The van der Waals surface area contributed by atoms with E-state index in [0.717, 1.165) is 26.4 Å². The second kappa shape index (κ2) is 6.93. The zero-order valence-electron chi connectivity index (χ0n) is 15.4. The Kier molecular flexibility index (Phi) is 4.24. The van der Waals surface area contributed by atoms with Crippen molar-refractivity contribution in [3.8, 4) is 0 Å². The number of nitrogens with zero attached hydrogens (tertiary/aromatic N) is 2. The zero-order valence-corrected chi connectivity index (χ0v) is 16.2. The van der Waals surface area contributed by atoms with E-state index in [4.69, 9.17) is 0 Å². The SMILES string of the molecule is O=C1CCC(N2Cc3c(/C=C/c4nc5ccccc5s4)cccc3C2=O)C(=O)N1. The van der Waals surface area contributed by atoms with E-state index in [9.17, 15) is 14.4 Å². The molecule has 5 rings (SSSR count). The number of aromatic nitrogens is 1. The summed E-state index contributed by atoms with van der Waals surface area (Å²) >= 11 is 1.61. The van der Waals surface area contributed by atoms with Crippen molar-refractivity contribution in [3.63, 3.8) is 0 Å². The van der Waals surface area contributed by atoms with E-state index < -0.39 is 11.9 Å². The Balaban J connectivity index is 1.43. The minimum absolute atomic E-state index is 0.162. The first-order valence-electron chi connectivity index (χ1n) is 9.40. The third kappa shape index (κ3) is 3.13. The normalized spacial score (nSPS) is 19.2. The number of rotatable bonds is 3. The van der Waals surface area contributed by atoms with Crippen molar-refractivity contribution in [1.82, 2.24) is 15.2 Å². The van der Waals surface area contributed by atoms with E-state index in [1.54, 1.807) is 22.3 Å². The van der Waals surface area contributed by atoms with Crippen molar-refractivity contribution >= 4 is 51.4 Å². The molecule has 0 saturated carbocycles. The summed E-state index contributed by atoms with van der Waals surface area (Å²) in [5.41, 5.74) is 3.42. The Morgan fingerprint density at radius 1 is 1.07 bits per heavy atom. The molecule has 0 aliphatic carbocycles. The third-order valence-corrected chi connectivity index (χ3v) is 6.34. The molecule has 1 aromatic heterocycles. The van der Waals surface area contributed by atoms with E-state index in [0.29, 0.717) is 18.5 Å². The van der Waals surface area contributed by atoms with Crippen LogP contribution in [0.5, 0.6) is 0 Å². The molecule has 0 spiro atoms. The average molecular weight is 403 g/mol. The molecular weight excluding hydrogens is 386 g/mol. The van der Waals surface area contributed by atoms with Crippen LogP contribution in [0.15, 0.2) is 42.5 Å². The van der Waals surface area contributed by atoms with Gasteiger partial charge in [-0.05, 0) is 41.8 Å². The first-order valence-corrected chi connectivity index (χ1v) is 10.2. The number of nitrogens with one attached hydrogen (secondary N) is 1. The number of para-hydroxylation sites is 1. The molecule has 3 amide bonds. The van der Waals surface area contributed by atoms with Gasteiger partial charge in [-0.3, -0.25) is 19.7 Å². The highest BCUT2D eigenvalue weighted by Gasteiger charge is 2.39. The van der Waals surface area contributed by atoms with Crippen molar-refractivity contribution < 1.29 is 14.4 Å². The Bertz CT molecular complexity index is 1160. The topological polar surface area (TPSA) is 79.4 Å². The number of hydrogen-bond donors (Lipinski definition) is 1. The van der Waals surface area contributed by atoms with Gasteiger partial charge in [-0.2, -0.15) is 0 Å². The fourth-order valence-electron chi connectivity index (χ4n) is 3.89. The first-order chi connectivity index (χ1) is 14.1. The Morgan fingerprint density at radius 3 is 2.76 bits per heavy atom. The molecule has 1 unspecified atom stereocenters. The van der Waals surface area contributed by atoms with E-state index in [2.05, 4.69) is 10.3 Å². The number of benzene rings is 2. The molecule has 1 fully saturated rings. The van der Waals surface area contributed by atoms with Gasteiger partial charge in [0, 0.05) is 18.5 Å². The minimum atomic E-state index is -0.603. The highest BCUT2D eigenvalue weighted by atomic mass is 32.1. The number of carbonyl (C=O) groups is 3. The molecule has 2 aliphatic heterocycles. The highest BCUT2D eigenvalue weighted by Crippen LogP contribution is 2.31. The van der Waals surface area contributed by atoms with Gasteiger partial charge in [-0.25, -0.2) is 4.98 Å². The maximum Gasteiger partial charge on any atom is 0.255 e. The van der Waals surface area contributed by atoms with Crippen LogP contribution in [-0.4, -0.2) is 33.6 Å². The largest absolute Gasteiger partial charge is 0.322 e. The second-order valence-corrected chi connectivity index (χ2v) is 8.19. The number of carbonyl (C=O) groups excluding carboxylic acids is 3. The van der Waals surface area contributed by atoms with Crippen molar-refractivity contribution in [2.75, 3.05) is 0 Å². The van der Waals surface area contributed by atoms with Crippen molar-refractivity contribution in [3.05, 3.63) is 64.2 Å². The molecular formula is C22H17N3O3S. The molecule has 1 saturated heterocycles. The van der Waals surface area contributed by atoms with E-state index >= 15 is 0 Å². The second-order valence-electron chi connectivity index (χ2n) is 7.13. The van der Waals surface area contributed by atoms with E-state index in [1.165, 1.54) is 0 Å². The summed E-state index contributed by atoms with van der Waals surface area (Å²) in [5, 5.41) is 3.23. The van der Waals surface area contributed by atoms with Crippen LogP contribution in [0, 0.1) is 0 Å². The summed E-state index contributed by atoms with van der Waals surface area (Å²) in [6.07, 6.45) is 4.54. The van der Waals surface area contributed by atoms with Gasteiger partial charge in [0.15, 0.2) is 0 Å². The van der Waals surface area contributed by atoms with Crippen LogP contribution < -0.4 is 5.32 Å². The quantitative estimate of drug-likeness (QED) is 0.681. The fourth-order valence-corrected chi connectivity index (χ4v) is 4.76. The molecule has 3 aromatic rings. The molecule has 2 aliphatic rings. The predicted octanol–water partition coefficient (Wildman–Crippen LogP) is 3.23. The lowest BCUT2D eigenvalue weighted by molar-refractivity contribution is -0.136. The number of amides is 3. The molecule has 0 radical (unpaired) electrons. The summed E-state index contributed by atoms with van der Waals surface area (Å²) in [6.45, 7) is 0.362. The van der Waals surface area contributed by atoms with Gasteiger partial charge >= 0.3 is 0 Å².